The first-order valence-corrected chi connectivity index (χ1v) is 7.09. The number of fused-ring (bicyclic) bond motifs is 1. The highest BCUT2D eigenvalue weighted by atomic mass is 19.4. The normalized spacial score (nSPS) is 17.8. The van der Waals surface area contributed by atoms with Crippen LogP contribution in [-0.4, -0.2) is 32.8 Å². The molecule has 0 bridgehead atoms. The standard InChI is InChI=1S/C16H14F6O4/c1-13(25,15(17,18)19)9-3-7-4-10(14(2,26)16(20,21)22)12(24)6-8(7)5-11(9)23/h3-6,23-26H,1-2H3. The van der Waals surface area contributed by atoms with Crippen LogP contribution in [0.2, 0.25) is 0 Å². The van der Waals surface area contributed by atoms with Gasteiger partial charge in [0.25, 0.3) is 0 Å². The Morgan fingerprint density at radius 3 is 1.15 bits per heavy atom. The van der Waals surface area contributed by atoms with Crippen LogP contribution in [0, 0.1) is 0 Å². The number of rotatable bonds is 2. The van der Waals surface area contributed by atoms with E-state index < -0.39 is 46.2 Å². The molecule has 0 heterocycles. The van der Waals surface area contributed by atoms with Crippen LogP contribution in [-0.2, 0) is 11.2 Å². The molecule has 0 radical (unpaired) electrons. The van der Waals surface area contributed by atoms with Gasteiger partial charge in [0.15, 0.2) is 11.2 Å². The Morgan fingerprint density at radius 1 is 0.615 bits per heavy atom. The number of aliphatic hydroxyl groups is 2. The number of benzene rings is 2. The summed E-state index contributed by atoms with van der Waals surface area (Å²) in [6, 6.07) is 2.81. The van der Waals surface area contributed by atoms with Gasteiger partial charge in [-0.2, -0.15) is 26.3 Å². The minimum absolute atomic E-state index is 0.0940. The van der Waals surface area contributed by atoms with Crippen molar-refractivity contribution in [1.82, 2.24) is 0 Å². The molecular weight excluding hydrogens is 370 g/mol. The van der Waals surface area contributed by atoms with E-state index in [1.165, 1.54) is 0 Å². The summed E-state index contributed by atoms with van der Waals surface area (Å²) in [6.07, 6.45) is -10.3. The van der Waals surface area contributed by atoms with E-state index in [1.54, 1.807) is 0 Å². The first-order valence-electron chi connectivity index (χ1n) is 7.09. The second-order valence-corrected chi connectivity index (χ2v) is 6.23. The van der Waals surface area contributed by atoms with Crippen molar-refractivity contribution >= 4 is 10.8 Å². The van der Waals surface area contributed by atoms with Crippen molar-refractivity contribution in [2.75, 3.05) is 0 Å². The Hall–Kier alpha value is -2.20. The van der Waals surface area contributed by atoms with Gasteiger partial charge in [-0.3, -0.25) is 0 Å². The quantitative estimate of drug-likeness (QED) is 0.594. The molecule has 26 heavy (non-hydrogen) atoms. The highest BCUT2D eigenvalue weighted by Gasteiger charge is 2.54. The summed E-state index contributed by atoms with van der Waals surface area (Å²) in [4.78, 5) is 0. The summed E-state index contributed by atoms with van der Waals surface area (Å²) in [5, 5.41) is 38.6. The van der Waals surface area contributed by atoms with Gasteiger partial charge in [0.2, 0.25) is 0 Å². The van der Waals surface area contributed by atoms with Crippen molar-refractivity contribution in [2.45, 2.75) is 37.4 Å². The van der Waals surface area contributed by atoms with Crippen LogP contribution >= 0.6 is 0 Å². The molecular formula is C16H14F6O4. The molecule has 2 unspecified atom stereocenters. The minimum atomic E-state index is -5.17. The third-order valence-electron chi connectivity index (χ3n) is 4.22. The van der Waals surface area contributed by atoms with E-state index in [2.05, 4.69) is 0 Å². The van der Waals surface area contributed by atoms with Crippen molar-refractivity contribution in [3.05, 3.63) is 35.4 Å². The third-order valence-corrected chi connectivity index (χ3v) is 4.22. The lowest BCUT2D eigenvalue weighted by atomic mass is 9.88. The smallest absolute Gasteiger partial charge is 0.421 e. The molecule has 4 nitrogen and oxygen atoms in total. The Morgan fingerprint density at radius 2 is 0.885 bits per heavy atom. The van der Waals surface area contributed by atoms with E-state index in [1.807, 2.05) is 0 Å². The molecule has 0 fully saturated rings. The summed E-state index contributed by atoms with van der Waals surface area (Å²) < 4.78 is 78.0. The average Bonchev–Trinajstić information content (AvgIpc) is 2.43. The van der Waals surface area contributed by atoms with Crippen LogP contribution in [0.1, 0.15) is 25.0 Å². The molecule has 0 aromatic heterocycles. The second kappa shape index (κ2) is 5.65. The van der Waals surface area contributed by atoms with E-state index in [0.29, 0.717) is 26.0 Å². The predicted molar refractivity (Wildman–Crippen MR) is 78.5 cm³/mol. The van der Waals surface area contributed by atoms with Crippen molar-refractivity contribution in [3.8, 4) is 11.5 Å². The lowest BCUT2D eigenvalue weighted by Gasteiger charge is -2.29. The molecule has 2 atom stereocenters. The molecule has 144 valence electrons. The molecule has 2 aromatic carbocycles. The Labute approximate surface area is 142 Å². The number of phenols is 2. The third kappa shape index (κ3) is 3.03. The van der Waals surface area contributed by atoms with Gasteiger partial charge >= 0.3 is 12.4 Å². The van der Waals surface area contributed by atoms with Gasteiger partial charge in [-0.05, 0) is 48.9 Å². The van der Waals surface area contributed by atoms with Gasteiger partial charge in [0, 0.05) is 11.1 Å². The minimum Gasteiger partial charge on any atom is -0.508 e. The summed E-state index contributed by atoms with van der Waals surface area (Å²) >= 11 is 0. The van der Waals surface area contributed by atoms with Gasteiger partial charge < -0.3 is 20.4 Å². The maximum atomic E-state index is 13.0. The van der Waals surface area contributed by atoms with Crippen LogP contribution in [0.25, 0.3) is 10.8 Å². The largest absolute Gasteiger partial charge is 0.508 e. The summed E-state index contributed by atoms with van der Waals surface area (Å²) in [5.74, 6) is -1.93. The zero-order valence-corrected chi connectivity index (χ0v) is 13.4. The molecule has 0 amide bonds. The van der Waals surface area contributed by atoms with E-state index in [4.69, 9.17) is 0 Å². The van der Waals surface area contributed by atoms with Crippen molar-refractivity contribution in [1.29, 1.82) is 0 Å². The van der Waals surface area contributed by atoms with Gasteiger partial charge in [-0.1, -0.05) is 0 Å². The topological polar surface area (TPSA) is 80.9 Å². The van der Waals surface area contributed by atoms with Crippen LogP contribution in [0.3, 0.4) is 0 Å². The van der Waals surface area contributed by atoms with Crippen LogP contribution in [0.5, 0.6) is 11.5 Å². The van der Waals surface area contributed by atoms with Gasteiger partial charge in [0.05, 0.1) is 0 Å². The first-order chi connectivity index (χ1) is 11.5. The molecule has 0 saturated heterocycles. The average molecular weight is 384 g/mol. The van der Waals surface area contributed by atoms with Crippen molar-refractivity contribution in [2.24, 2.45) is 0 Å². The molecule has 2 aromatic rings. The fourth-order valence-corrected chi connectivity index (χ4v) is 2.41. The zero-order chi connectivity index (χ0) is 20.3. The summed E-state index contributed by atoms with van der Waals surface area (Å²) in [5.41, 5.74) is -8.92. The molecule has 0 aliphatic carbocycles. The number of aromatic hydroxyl groups is 2. The lowest BCUT2D eigenvalue weighted by Crippen LogP contribution is -2.39. The second-order valence-electron chi connectivity index (χ2n) is 6.23. The van der Waals surface area contributed by atoms with Crippen molar-refractivity contribution in [3.63, 3.8) is 0 Å². The Balaban J connectivity index is 2.78. The fourth-order valence-electron chi connectivity index (χ4n) is 2.41. The van der Waals surface area contributed by atoms with Gasteiger partial charge in [-0.25, -0.2) is 0 Å². The predicted octanol–water partition coefficient (Wildman–Crippen LogP) is 3.79. The van der Waals surface area contributed by atoms with Gasteiger partial charge in [-0.15, -0.1) is 0 Å². The molecule has 0 aliphatic heterocycles. The number of hydrogen-bond acceptors (Lipinski definition) is 4. The number of halogens is 6. The van der Waals surface area contributed by atoms with Crippen LogP contribution < -0.4 is 0 Å². The highest BCUT2D eigenvalue weighted by Crippen LogP contribution is 2.46. The Bertz CT molecular complexity index is 786. The molecule has 2 rings (SSSR count). The molecule has 0 aliphatic rings. The summed E-state index contributed by atoms with van der Waals surface area (Å²) in [6.45, 7) is 0.752. The van der Waals surface area contributed by atoms with Crippen LogP contribution in [0.15, 0.2) is 24.3 Å². The monoisotopic (exact) mass is 384 g/mol. The molecule has 0 saturated carbocycles. The number of phenolic OH excluding ortho intramolecular Hbond substituents is 2. The molecule has 10 heteroatoms. The van der Waals surface area contributed by atoms with E-state index in [0.717, 1.165) is 12.1 Å². The highest BCUT2D eigenvalue weighted by molar-refractivity contribution is 5.88. The van der Waals surface area contributed by atoms with Crippen LogP contribution in [0.4, 0.5) is 26.3 Å². The van der Waals surface area contributed by atoms with E-state index in [-0.39, 0.29) is 10.8 Å². The maximum Gasteiger partial charge on any atom is 0.421 e. The molecule has 0 spiro atoms. The Kier molecular flexibility index (Phi) is 4.37. The lowest BCUT2D eigenvalue weighted by molar-refractivity contribution is -0.259. The van der Waals surface area contributed by atoms with Crippen molar-refractivity contribution < 1.29 is 46.8 Å². The maximum absolute atomic E-state index is 13.0. The fraction of sp³-hybridized carbons (Fsp3) is 0.375. The number of alkyl halides is 6. The first kappa shape index (κ1) is 20.1. The van der Waals surface area contributed by atoms with E-state index >= 15 is 0 Å². The van der Waals surface area contributed by atoms with Gasteiger partial charge in [0.1, 0.15) is 11.5 Å². The van der Waals surface area contributed by atoms with E-state index in [9.17, 15) is 46.8 Å². The summed E-state index contributed by atoms with van der Waals surface area (Å²) in [7, 11) is 0. The number of hydrogen-bond donors (Lipinski definition) is 4. The zero-order valence-electron chi connectivity index (χ0n) is 13.4. The SMILES string of the molecule is CC(O)(c1cc2cc(C(C)(O)C(F)(F)F)c(O)cc2cc1O)C(F)(F)F. The molecule has 4 N–H and O–H groups in total.